The van der Waals surface area contributed by atoms with Gasteiger partial charge in [-0.15, -0.1) is 0 Å². The summed E-state index contributed by atoms with van der Waals surface area (Å²) in [6.45, 7) is 2.83. The number of esters is 1. The second-order valence-electron chi connectivity index (χ2n) is 3.96. The van der Waals surface area contributed by atoms with E-state index in [4.69, 9.17) is 14.2 Å². The van der Waals surface area contributed by atoms with E-state index in [1.807, 2.05) is 0 Å². The van der Waals surface area contributed by atoms with E-state index >= 15 is 0 Å². The highest BCUT2D eigenvalue weighted by molar-refractivity contribution is 14.1. The summed E-state index contributed by atoms with van der Waals surface area (Å²) in [5.74, 6) is -0.370. The van der Waals surface area contributed by atoms with Crippen molar-refractivity contribution in [3.8, 4) is 0 Å². The van der Waals surface area contributed by atoms with E-state index in [-0.39, 0.29) is 12.6 Å². The number of hydrogen-bond acceptors (Lipinski definition) is 5. The zero-order valence-electron chi connectivity index (χ0n) is 11.7. The average molecular weight is 388 g/mol. The first-order valence-corrected chi connectivity index (χ1v) is 8.19. The molecule has 0 aromatic rings. The fraction of sp³-hybridized carbons (Fsp3) is 0.923. The van der Waals surface area contributed by atoms with Gasteiger partial charge in [-0.05, 0) is 17.3 Å². The topological polar surface area (TPSA) is 54.0 Å². The van der Waals surface area contributed by atoms with Gasteiger partial charge in [0.2, 0.25) is 0 Å². The maximum atomic E-state index is 10.7. The van der Waals surface area contributed by atoms with Crippen molar-refractivity contribution in [2.45, 2.75) is 25.7 Å². The van der Waals surface area contributed by atoms with Crippen molar-refractivity contribution < 1.29 is 23.7 Å². The van der Waals surface area contributed by atoms with Crippen LogP contribution in [-0.2, 0) is 23.7 Å². The normalized spacial score (nSPS) is 10.6. The molecule has 0 radical (unpaired) electrons. The monoisotopic (exact) mass is 388 g/mol. The molecule has 0 heterocycles. The molecule has 0 aliphatic rings. The van der Waals surface area contributed by atoms with E-state index in [2.05, 4.69) is 27.3 Å². The van der Waals surface area contributed by atoms with Crippen molar-refractivity contribution in [1.29, 1.82) is 0 Å². The minimum Gasteiger partial charge on any atom is -0.467 e. The molecule has 0 saturated carbocycles. The maximum Gasteiger partial charge on any atom is 0.331 e. The predicted molar refractivity (Wildman–Crippen MR) is 81.8 cm³/mol. The second-order valence-corrected chi connectivity index (χ2v) is 5.04. The van der Waals surface area contributed by atoms with E-state index < -0.39 is 0 Å². The van der Waals surface area contributed by atoms with E-state index in [1.165, 1.54) is 30.8 Å². The molecule has 114 valence electrons. The Morgan fingerprint density at radius 2 is 1.42 bits per heavy atom. The molecule has 0 aromatic carbocycles. The zero-order chi connectivity index (χ0) is 14.2. The van der Waals surface area contributed by atoms with Gasteiger partial charge >= 0.3 is 5.97 Å². The third kappa shape index (κ3) is 16.0. The molecular weight excluding hydrogens is 363 g/mol. The van der Waals surface area contributed by atoms with Gasteiger partial charge in [0.05, 0.1) is 33.5 Å². The lowest BCUT2D eigenvalue weighted by atomic mass is 10.2. The number of carbonyl (C=O) groups is 1. The Labute approximate surface area is 129 Å². The second kappa shape index (κ2) is 16.1. The minimum atomic E-state index is -0.370. The molecule has 0 aliphatic carbocycles. The van der Waals surface area contributed by atoms with Crippen LogP contribution in [0, 0.1) is 0 Å². The van der Waals surface area contributed by atoms with E-state index in [0.29, 0.717) is 26.4 Å². The summed E-state index contributed by atoms with van der Waals surface area (Å²) in [6.07, 6.45) is 4.96. The number of halogens is 1. The summed E-state index contributed by atoms with van der Waals surface area (Å²) in [5, 5.41) is 0. The van der Waals surface area contributed by atoms with Crippen LogP contribution in [-0.4, -0.2) is 57.1 Å². The number of ether oxygens (including phenoxy) is 4. The Hall–Kier alpha value is 0.0800. The molecular formula is C13H25IO5. The van der Waals surface area contributed by atoms with Crippen LogP contribution in [0.3, 0.4) is 0 Å². The van der Waals surface area contributed by atoms with Crippen molar-refractivity contribution in [3.63, 3.8) is 0 Å². The van der Waals surface area contributed by atoms with Gasteiger partial charge in [0, 0.05) is 6.61 Å². The quantitative estimate of drug-likeness (QED) is 0.198. The van der Waals surface area contributed by atoms with Crippen LogP contribution in [0.15, 0.2) is 0 Å². The first-order chi connectivity index (χ1) is 9.31. The lowest BCUT2D eigenvalue weighted by molar-refractivity contribution is -0.146. The predicted octanol–water partition coefficient (Wildman–Crippen LogP) is 2.20. The lowest BCUT2D eigenvalue weighted by Crippen LogP contribution is -2.14. The van der Waals surface area contributed by atoms with Crippen molar-refractivity contribution >= 4 is 28.6 Å². The highest BCUT2D eigenvalue weighted by Crippen LogP contribution is 2.02. The Morgan fingerprint density at radius 3 is 2.05 bits per heavy atom. The van der Waals surface area contributed by atoms with Gasteiger partial charge in [-0.2, -0.15) is 0 Å². The van der Waals surface area contributed by atoms with Crippen LogP contribution in [0.2, 0.25) is 0 Å². The maximum absolute atomic E-state index is 10.7. The van der Waals surface area contributed by atoms with Crippen molar-refractivity contribution in [2.75, 3.05) is 51.2 Å². The summed E-state index contributed by atoms with van der Waals surface area (Å²) >= 11 is 2.40. The molecule has 0 saturated heterocycles. The number of alkyl halides is 1. The SMILES string of the molecule is COC(=O)COCCOCCOCCCCCCI. The zero-order valence-corrected chi connectivity index (χ0v) is 13.9. The molecule has 0 spiro atoms. The van der Waals surface area contributed by atoms with Gasteiger partial charge in [0.1, 0.15) is 6.61 Å². The Bertz CT molecular complexity index is 201. The van der Waals surface area contributed by atoms with E-state index in [9.17, 15) is 4.79 Å². The van der Waals surface area contributed by atoms with E-state index in [1.54, 1.807) is 0 Å². The van der Waals surface area contributed by atoms with Crippen LogP contribution in [0.25, 0.3) is 0 Å². The van der Waals surface area contributed by atoms with Crippen LogP contribution in [0.4, 0.5) is 0 Å². The molecule has 0 amide bonds. The minimum absolute atomic E-state index is 0.0203. The van der Waals surface area contributed by atoms with Crippen LogP contribution in [0.1, 0.15) is 25.7 Å². The van der Waals surface area contributed by atoms with Crippen LogP contribution >= 0.6 is 22.6 Å². The summed E-state index contributed by atoms with van der Waals surface area (Å²) in [4.78, 5) is 10.7. The molecule has 0 N–H and O–H groups in total. The number of rotatable bonds is 14. The number of unbranched alkanes of at least 4 members (excludes halogenated alkanes) is 3. The molecule has 0 aliphatic heterocycles. The number of hydrogen-bond donors (Lipinski definition) is 0. The largest absolute Gasteiger partial charge is 0.467 e. The molecule has 0 unspecified atom stereocenters. The Kier molecular flexibility index (Phi) is 16.2. The van der Waals surface area contributed by atoms with Gasteiger partial charge < -0.3 is 18.9 Å². The summed E-state index contributed by atoms with van der Waals surface area (Å²) in [5.41, 5.74) is 0. The number of carbonyl (C=O) groups excluding carboxylic acids is 1. The smallest absolute Gasteiger partial charge is 0.331 e. The molecule has 5 nitrogen and oxygen atoms in total. The van der Waals surface area contributed by atoms with Crippen molar-refractivity contribution in [2.24, 2.45) is 0 Å². The first kappa shape index (κ1) is 19.1. The summed E-state index contributed by atoms with van der Waals surface area (Å²) < 4.78 is 21.4. The standard InChI is InChI=1S/C13H25IO5/c1-16-13(15)12-19-11-10-18-9-8-17-7-5-3-2-4-6-14/h2-12H2,1H3. The Morgan fingerprint density at radius 1 is 0.842 bits per heavy atom. The Balaban J connectivity index is 2.97. The molecule has 0 bridgehead atoms. The summed E-state index contributed by atoms with van der Waals surface area (Å²) in [6, 6.07) is 0. The van der Waals surface area contributed by atoms with Gasteiger partial charge in [-0.25, -0.2) is 4.79 Å². The van der Waals surface area contributed by atoms with Gasteiger partial charge in [-0.3, -0.25) is 0 Å². The highest BCUT2D eigenvalue weighted by Gasteiger charge is 1.98. The van der Waals surface area contributed by atoms with Gasteiger partial charge in [-0.1, -0.05) is 35.4 Å². The lowest BCUT2D eigenvalue weighted by Gasteiger charge is -2.06. The van der Waals surface area contributed by atoms with Gasteiger partial charge in [0.15, 0.2) is 0 Å². The fourth-order valence-electron chi connectivity index (χ4n) is 1.31. The van der Waals surface area contributed by atoms with Gasteiger partial charge in [0.25, 0.3) is 0 Å². The molecule has 0 fully saturated rings. The average Bonchev–Trinajstić information content (AvgIpc) is 2.43. The third-order valence-corrected chi connectivity index (χ3v) is 3.13. The fourth-order valence-corrected chi connectivity index (χ4v) is 1.85. The molecule has 0 rings (SSSR count). The van der Waals surface area contributed by atoms with Crippen LogP contribution < -0.4 is 0 Å². The number of methoxy groups -OCH3 is 1. The van der Waals surface area contributed by atoms with Crippen molar-refractivity contribution in [1.82, 2.24) is 0 Å². The van der Waals surface area contributed by atoms with Crippen LogP contribution in [0.5, 0.6) is 0 Å². The molecule has 19 heavy (non-hydrogen) atoms. The third-order valence-electron chi connectivity index (χ3n) is 2.36. The first-order valence-electron chi connectivity index (χ1n) is 6.67. The highest BCUT2D eigenvalue weighted by atomic mass is 127. The molecule has 0 aromatic heterocycles. The van der Waals surface area contributed by atoms with E-state index in [0.717, 1.165) is 13.0 Å². The molecule has 0 atom stereocenters. The molecule has 6 heteroatoms. The summed E-state index contributed by atoms with van der Waals surface area (Å²) in [7, 11) is 1.33. The van der Waals surface area contributed by atoms with Crippen molar-refractivity contribution in [3.05, 3.63) is 0 Å².